The minimum Gasteiger partial charge on any atom is -0.505 e. The lowest BCUT2D eigenvalue weighted by molar-refractivity contribution is 0.334. The average molecular weight is 544 g/mol. The van der Waals surface area contributed by atoms with E-state index in [0.717, 1.165) is 41.5 Å². The van der Waals surface area contributed by atoms with Crippen LogP contribution in [0.1, 0.15) is 61.5 Å². The van der Waals surface area contributed by atoms with Crippen molar-refractivity contribution in [1.82, 2.24) is 0 Å². The van der Waals surface area contributed by atoms with Crippen molar-refractivity contribution in [3.05, 3.63) is 112 Å². The van der Waals surface area contributed by atoms with Crippen LogP contribution in [-0.4, -0.2) is 13.5 Å². The Kier molecular flexibility index (Phi) is 7.12. The van der Waals surface area contributed by atoms with Gasteiger partial charge in [0.2, 0.25) is 0 Å². The quantitative estimate of drug-likeness (QED) is 0.239. The predicted molar refractivity (Wildman–Crippen MR) is 154 cm³/mol. The molecule has 4 aromatic rings. The van der Waals surface area contributed by atoms with Gasteiger partial charge in [-0.15, -0.1) is 0 Å². The van der Waals surface area contributed by atoms with Gasteiger partial charge in [-0.3, -0.25) is 4.72 Å². The number of sulfonamides is 1. The lowest BCUT2D eigenvalue weighted by Crippen LogP contribution is -2.23. The second-order valence-corrected chi connectivity index (χ2v) is 12.6. The molecule has 0 saturated heterocycles. The van der Waals surface area contributed by atoms with Crippen molar-refractivity contribution >= 4 is 15.7 Å². The predicted octanol–water partition coefficient (Wildman–Crippen LogP) is 6.91. The fourth-order valence-electron chi connectivity index (χ4n) is 5.05. The van der Waals surface area contributed by atoms with Crippen LogP contribution < -0.4 is 10.3 Å². The van der Waals surface area contributed by atoms with Gasteiger partial charge in [0.25, 0.3) is 10.0 Å². The van der Waals surface area contributed by atoms with Gasteiger partial charge in [-0.2, -0.15) is 0 Å². The Morgan fingerprint density at radius 2 is 1.62 bits per heavy atom. The highest BCUT2D eigenvalue weighted by atomic mass is 32.2. The molecular formula is C32H33NO5S. The van der Waals surface area contributed by atoms with E-state index in [1.807, 2.05) is 81.4 Å². The fraction of sp³-hybridized carbons (Fsp3) is 0.281. The molecule has 39 heavy (non-hydrogen) atoms. The molecule has 0 unspecified atom stereocenters. The molecule has 0 spiro atoms. The Morgan fingerprint density at radius 1 is 0.974 bits per heavy atom. The summed E-state index contributed by atoms with van der Waals surface area (Å²) in [6.07, 6.45) is 3.43. The summed E-state index contributed by atoms with van der Waals surface area (Å²) in [5.41, 5.74) is 2.61. The highest BCUT2D eigenvalue weighted by Crippen LogP contribution is 2.48. The van der Waals surface area contributed by atoms with E-state index in [9.17, 15) is 18.3 Å². The number of rotatable bonds is 9. The summed E-state index contributed by atoms with van der Waals surface area (Å²) in [7, 11) is -4.25. The molecule has 0 aliphatic heterocycles. The topological polar surface area (TPSA) is 96.6 Å². The lowest BCUT2D eigenvalue weighted by Gasteiger charge is -2.24. The zero-order chi connectivity index (χ0) is 27.8. The van der Waals surface area contributed by atoms with Crippen LogP contribution in [0.4, 0.5) is 5.69 Å². The van der Waals surface area contributed by atoms with E-state index in [4.69, 9.17) is 4.42 Å². The third-order valence-electron chi connectivity index (χ3n) is 7.48. The number of hydrogen-bond acceptors (Lipinski definition) is 5. The molecule has 0 radical (unpaired) electrons. The van der Waals surface area contributed by atoms with Gasteiger partial charge in [-0.05, 0) is 66.8 Å². The zero-order valence-corrected chi connectivity index (χ0v) is 23.2. The van der Waals surface area contributed by atoms with E-state index in [-0.39, 0.29) is 4.90 Å². The van der Waals surface area contributed by atoms with Crippen LogP contribution >= 0.6 is 0 Å². The Hall–Kier alpha value is -3.84. The number of hydrogen-bond donors (Lipinski definition) is 2. The molecule has 1 aliphatic carbocycles. The summed E-state index contributed by atoms with van der Waals surface area (Å²) >= 11 is 0. The second kappa shape index (κ2) is 10.4. The monoisotopic (exact) mass is 543 g/mol. The minimum atomic E-state index is -4.25. The summed E-state index contributed by atoms with van der Waals surface area (Å²) in [6.45, 7) is 5.84. The average Bonchev–Trinajstić information content (AvgIpc) is 3.75. The molecule has 0 amide bonds. The van der Waals surface area contributed by atoms with Gasteiger partial charge in [-0.1, -0.05) is 80.6 Å². The fourth-order valence-corrected chi connectivity index (χ4v) is 6.36. The van der Waals surface area contributed by atoms with Crippen molar-refractivity contribution in [2.24, 2.45) is 0 Å². The number of aryl methyl sites for hydroxylation is 2. The molecule has 5 rings (SSSR count). The molecule has 0 atom stereocenters. The SMILES string of the molecule is Cc1ccc(S(=O)(=O)Nc2c(O)cc(C(C)(C)CCc3ccccc3)oc2=O)c(-c2ccccc2)c1C1CC1. The van der Waals surface area contributed by atoms with E-state index in [1.165, 1.54) is 6.07 Å². The maximum Gasteiger partial charge on any atom is 0.364 e. The normalized spacial score (nSPS) is 13.8. The van der Waals surface area contributed by atoms with E-state index >= 15 is 0 Å². The summed E-state index contributed by atoms with van der Waals surface area (Å²) in [6, 6.07) is 24.1. The molecule has 6 nitrogen and oxygen atoms in total. The van der Waals surface area contributed by atoms with E-state index in [0.29, 0.717) is 23.7 Å². The lowest BCUT2D eigenvalue weighted by atomic mass is 9.83. The molecule has 1 heterocycles. The van der Waals surface area contributed by atoms with Gasteiger partial charge in [0.15, 0.2) is 11.4 Å². The van der Waals surface area contributed by atoms with E-state index in [2.05, 4.69) is 4.72 Å². The minimum absolute atomic E-state index is 0.0623. The first-order chi connectivity index (χ1) is 18.6. The second-order valence-electron chi connectivity index (χ2n) is 10.9. The van der Waals surface area contributed by atoms with Crippen LogP contribution in [0.5, 0.6) is 5.75 Å². The zero-order valence-electron chi connectivity index (χ0n) is 22.4. The highest BCUT2D eigenvalue weighted by Gasteiger charge is 2.33. The van der Waals surface area contributed by atoms with Crippen LogP contribution in [0.2, 0.25) is 0 Å². The van der Waals surface area contributed by atoms with Gasteiger partial charge in [0.05, 0.1) is 4.90 Å². The number of benzene rings is 3. The summed E-state index contributed by atoms with van der Waals surface area (Å²) in [4.78, 5) is 13.1. The maximum absolute atomic E-state index is 13.7. The van der Waals surface area contributed by atoms with E-state index < -0.39 is 32.5 Å². The van der Waals surface area contributed by atoms with Gasteiger partial charge in [0, 0.05) is 17.0 Å². The first-order valence-electron chi connectivity index (χ1n) is 13.2. The highest BCUT2D eigenvalue weighted by molar-refractivity contribution is 7.92. The van der Waals surface area contributed by atoms with Crippen LogP contribution in [0.15, 0.2) is 93.0 Å². The Morgan fingerprint density at radius 3 is 2.23 bits per heavy atom. The van der Waals surface area contributed by atoms with Crippen molar-refractivity contribution < 1.29 is 17.9 Å². The molecule has 202 valence electrons. The van der Waals surface area contributed by atoms with Crippen molar-refractivity contribution in [2.45, 2.75) is 62.7 Å². The summed E-state index contributed by atoms with van der Waals surface area (Å²) < 4.78 is 35.4. The molecule has 3 aromatic carbocycles. The van der Waals surface area contributed by atoms with Crippen LogP contribution in [0, 0.1) is 6.92 Å². The van der Waals surface area contributed by atoms with Crippen molar-refractivity contribution in [3.63, 3.8) is 0 Å². The third-order valence-corrected chi connectivity index (χ3v) is 8.87. The van der Waals surface area contributed by atoms with E-state index in [1.54, 1.807) is 12.1 Å². The van der Waals surface area contributed by atoms with Crippen LogP contribution in [0.25, 0.3) is 11.1 Å². The Labute approximate surface area is 229 Å². The number of nitrogens with one attached hydrogen (secondary N) is 1. The first-order valence-corrected chi connectivity index (χ1v) is 14.7. The summed E-state index contributed by atoms with van der Waals surface area (Å²) in [5, 5.41) is 10.8. The van der Waals surface area contributed by atoms with Crippen LogP contribution in [0.3, 0.4) is 0 Å². The molecule has 1 fully saturated rings. The molecular weight excluding hydrogens is 510 g/mol. The Bertz CT molecular complexity index is 1650. The molecule has 7 heteroatoms. The van der Waals surface area contributed by atoms with Crippen molar-refractivity contribution in [3.8, 4) is 16.9 Å². The molecule has 1 aromatic heterocycles. The largest absolute Gasteiger partial charge is 0.505 e. The van der Waals surface area contributed by atoms with Gasteiger partial charge in [-0.25, -0.2) is 13.2 Å². The van der Waals surface area contributed by atoms with Gasteiger partial charge < -0.3 is 9.52 Å². The third kappa shape index (κ3) is 5.64. The van der Waals surface area contributed by atoms with Crippen molar-refractivity contribution in [2.75, 3.05) is 4.72 Å². The number of anilines is 1. The first kappa shape index (κ1) is 26.8. The van der Waals surface area contributed by atoms with Gasteiger partial charge in [0.1, 0.15) is 5.76 Å². The Balaban J connectivity index is 1.49. The molecule has 0 bridgehead atoms. The summed E-state index contributed by atoms with van der Waals surface area (Å²) in [5.74, 6) is 0.125. The van der Waals surface area contributed by atoms with Gasteiger partial charge >= 0.3 is 5.63 Å². The number of aromatic hydroxyl groups is 1. The molecule has 2 N–H and O–H groups in total. The molecule has 1 saturated carbocycles. The van der Waals surface area contributed by atoms with Crippen LogP contribution in [-0.2, 0) is 21.9 Å². The maximum atomic E-state index is 13.7. The smallest absolute Gasteiger partial charge is 0.364 e. The van der Waals surface area contributed by atoms with Crippen molar-refractivity contribution in [1.29, 1.82) is 0 Å². The standard InChI is InChI=1S/C32H33NO5S/c1-21-14-17-26(29(28(21)24-15-16-24)23-12-8-5-9-13-23)39(36,37)33-30-25(34)20-27(38-31(30)35)32(2,3)19-18-22-10-6-4-7-11-22/h4-14,17,20,24,33-34H,15-16,18-19H2,1-3H3. The molecule has 1 aliphatic rings.